The molecule has 10 heteroatoms. The van der Waals surface area contributed by atoms with Crippen LogP contribution in [0.1, 0.15) is 19.3 Å². The largest absolute Gasteiger partial charge is 0.379 e. The maximum Gasteiger partial charge on any atom is 0.343 e. The van der Waals surface area contributed by atoms with Crippen molar-refractivity contribution in [3.05, 3.63) is 36.7 Å². The van der Waals surface area contributed by atoms with E-state index in [1.165, 1.54) is 17.6 Å². The quantitative estimate of drug-likeness (QED) is 0.791. The fourth-order valence-corrected chi connectivity index (χ4v) is 4.43. The molecule has 2 unspecified atom stereocenters. The van der Waals surface area contributed by atoms with Crippen molar-refractivity contribution in [3.63, 3.8) is 0 Å². The van der Waals surface area contributed by atoms with E-state index in [1.54, 1.807) is 0 Å². The van der Waals surface area contributed by atoms with E-state index in [2.05, 4.69) is 20.3 Å². The molecule has 10 nitrogen and oxygen atoms in total. The number of hydrogen-bond acceptors (Lipinski definition) is 8. The van der Waals surface area contributed by atoms with Gasteiger partial charge in [0.1, 0.15) is 6.33 Å². The molecule has 1 aromatic heterocycles. The van der Waals surface area contributed by atoms with Gasteiger partial charge in [0.25, 0.3) is 0 Å². The first-order valence-electron chi connectivity index (χ1n) is 10.8. The lowest BCUT2D eigenvalue weighted by Gasteiger charge is -2.45. The van der Waals surface area contributed by atoms with Crippen LogP contribution in [0.3, 0.4) is 0 Å². The number of nitrogens with one attached hydrogen (secondary N) is 1. The number of aromatic nitrogens is 3. The van der Waals surface area contributed by atoms with Crippen LogP contribution in [0.2, 0.25) is 0 Å². The van der Waals surface area contributed by atoms with Gasteiger partial charge in [-0.15, -0.1) is 0 Å². The number of morpholine rings is 2. The van der Waals surface area contributed by atoms with E-state index in [9.17, 15) is 4.79 Å². The number of carbonyl (C=O) groups excluding carboxylic acids is 1. The summed E-state index contributed by atoms with van der Waals surface area (Å²) in [5, 5.41) is 1.86. The van der Waals surface area contributed by atoms with Crippen LogP contribution >= 0.6 is 0 Å². The van der Waals surface area contributed by atoms with Crippen molar-refractivity contribution in [3.8, 4) is 0 Å². The van der Waals surface area contributed by atoms with Gasteiger partial charge in [-0.3, -0.25) is 5.43 Å². The summed E-state index contributed by atoms with van der Waals surface area (Å²) in [6, 6.07) is 9.63. The van der Waals surface area contributed by atoms with Crippen LogP contribution < -0.4 is 15.2 Å². The lowest BCUT2D eigenvalue weighted by molar-refractivity contribution is 0.0203. The van der Waals surface area contributed by atoms with Crippen LogP contribution in [0.15, 0.2) is 36.7 Å². The van der Waals surface area contributed by atoms with Gasteiger partial charge in [0.2, 0.25) is 11.9 Å². The zero-order valence-corrected chi connectivity index (χ0v) is 17.4. The Morgan fingerprint density at radius 1 is 1.03 bits per heavy atom. The number of anilines is 3. The Hall–Kier alpha value is -2.82. The van der Waals surface area contributed by atoms with Crippen molar-refractivity contribution in [2.45, 2.75) is 31.3 Å². The Kier molecular flexibility index (Phi) is 5.92. The van der Waals surface area contributed by atoms with Crippen molar-refractivity contribution < 1.29 is 14.3 Å². The van der Waals surface area contributed by atoms with E-state index in [4.69, 9.17) is 14.5 Å². The molecule has 0 radical (unpaired) electrons. The second-order valence-corrected chi connectivity index (χ2v) is 7.96. The number of fused-ring (bicyclic) bond motifs is 2. The van der Waals surface area contributed by atoms with Crippen molar-refractivity contribution in [1.82, 2.24) is 25.4 Å². The van der Waals surface area contributed by atoms with E-state index in [1.807, 2.05) is 35.3 Å². The first kappa shape index (κ1) is 20.1. The highest BCUT2D eigenvalue weighted by Gasteiger charge is 2.37. The molecule has 164 valence electrons. The fourth-order valence-electron chi connectivity index (χ4n) is 4.43. The number of amides is 2. The first-order valence-corrected chi connectivity index (χ1v) is 10.8. The summed E-state index contributed by atoms with van der Waals surface area (Å²) in [6.07, 6.45) is 4.78. The molecule has 3 aliphatic rings. The van der Waals surface area contributed by atoms with Gasteiger partial charge < -0.3 is 14.4 Å². The second kappa shape index (κ2) is 9.13. The summed E-state index contributed by atoms with van der Waals surface area (Å²) in [5.74, 6) is 0.898. The molecule has 3 fully saturated rings. The zero-order chi connectivity index (χ0) is 21.0. The number of ether oxygens (including phenoxy) is 2. The summed E-state index contributed by atoms with van der Waals surface area (Å²) >= 11 is 0. The maximum atomic E-state index is 13.3. The third-order valence-corrected chi connectivity index (χ3v) is 5.94. The third kappa shape index (κ3) is 4.32. The summed E-state index contributed by atoms with van der Waals surface area (Å²) in [5.41, 5.74) is 3.65. The molecule has 2 bridgehead atoms. The van der Waals surface area contributed by atoms with Gasteiger partial charge in [-0.2, -0.15) is 4.98 Å². The van der Waals surface area contributed by atoms with Crippen molar-refractivity contribution in [1.29, 1.82) is 0 Å². The standard InChI is InChI=1S/C21H27N7O3/c29-21(25-26-9-11-30-12-10-26)28(16-5-2-1-3-6-16)20-23-15-22-19(24-20)27-17-7-4-8-18(27)14-31-13-17/h1-3,5-6,15,17-18H,4,7-14H2,(H,25,29). The number of hydrogen-bond donors (Lipinski definition) is 1. The Morgan fingerprint density at radius 3 is 2.52 bits per heavy atom. The molecule has 3 saturated heterocycles. The molecule has 2 amide bonds. The maximum absolute atomic E-state index is 13.3. The van der Waals surface area contributed by atoms with Crippen LogP contribution in [0, 0.1) is 0 Å². The van der Waals surface area contributed by atoms with Gasteiger partial charge >= 0.3 is 6.03 Å². The summed E-state index contributed by atoms with van der Waals surface area (Å²) < 4.78 is 11.1. The highest BCUT2D eigenvalue weighted by molar-refractivity contribution is 5.97. The second-order valence-electron chi connectivity index (χ2n) is 7.96. The number of nitrogens with zero attached hydrogens (tertiary/aromatic N) is 6. The molecule has 5 rings (SSSR count). The highest BCUT2D eigenvalue weighted by Crippen LogP contribution is 2.31. The van der Waals surface area contributed by atoms with Gasteiger partial charge in [0.15, 0.2) is 0 Å². The van der Waals surface area contributed by atoms with Gasteiger partial charge in [-0.05, 0) is 31.4 Å². The smallest absolute Gasteiger partial charge is 0.343 e. The number of urea groups is 1. The van der Waals surface area contributed by atoms with Crippen LogP contribution in [0.25, 0.3) is 0 Å². The molecule has 2 atom stereocenters. The van der Waals surface area contributed by atoms with Crippen LogP contribution in [-0.2, 0) is 9.47 Å². The van der Waals surface area contributed by atoms with E-state index in [0.29, 0.717) is 57.1 Å². The normalized spacial score (nSPS) is 23.9. The van der Waals surface area contributed by atoms with E-state index < -0.39 is 0 Å². The molecule has 0 aliphatic carbocycles. The first-order chi connectivity index (χ1) is 15.3. The van der Waals surface area contributed by atoms with Crippen molar-refractivity contribution in [2.75, 3.05) is 49.3 Å². The third-order valence-electron chi connectivity index (χ3n) is 5.94. The van der Waals surface area contributed by atoms with E-state index in [0.717, 1.165) is 12.8 Å². The molecule has 4 heterocycles. The molecule has 0 spiro atoms. The highest BCUT2D eigenvalue weighted by atomic mass is 16.5. The summed E-state index contributed by atoms with van der Waals surface area (Å²) in [4.78, 5) is 30.6. The molecule has 1 N–H and O–H groups in total. The minimum Gasteiger partial charge on any atom is -0.379 e. The van der Waals surface area contributed by atoms with Gasteiger partial charge in [0, 0.05) is 13.1 Å². The number of para-hydroxylation sites is 1. The van der Waals surface area contributed by atoms with Gasteiger partial charge in [-0.1, -0.05) is 18.2 Å². The lowest BCUT2D eigenvalue weighted by atomic mass is 9.95. The summed E-state index contributed by atoms with van der Waals surface area (Å²) in [7, 11) is 0. The lowest BCUT2D eigenvalue weighted by Crippen LogP contribution is -2.56. The van der Waals surface area contributed by atoms with Gasteiger partial charge in [0.05, 0.1) is 44.2 Å². The van der Waals surface area contributed by atoms with Gasteiger partial charge in [-0.25, -0.2) is 24.7 Å². The molecule has 31 heavy (non-hydrogen) atoms. The van der Waals surface area contributed by atoms with Crippen LogP contribution in [0.5, 0.6) is 0 Å². The molecular weight excluding hydrogens is 398 g/mol. The predicted octanol–water partition coefficient (Wildman–Crippen LogP) is 1.72. The molecular formula is C21H27N7O3. The molecule has 0 saturated carbocycles. The number of carbonyl (C=O) groups is 1. The van der Waals surface area contributed by atoms with E-state index >= 15 is 0 Å². The molecule has 2 aromatic rings. The van der Waals surface area contributed by atoms with Crippen LogP contribution in [0.4, 0.5) is 22.4 Å². The average Bonchev–Trinajstić information content (AvgIpc) is 2.80. The Balaban J connectivity index is 1.45. The molecule has 3 aliphatic heterocycles. The number of benzene rings is 1. The topological polar surface area (TPSA) is 96.0 Å². The number of piperidine rings is 1. The number of rotatable bonds is 4. The Bertz CT molecular complexity index is 872. The predicted molar refractivity (Wildman–Crippen MR) is 114 cm³/mol. The number of hydrazine groups is 1. The van der Waals surface area contributed by atoms with Crippen molar-refractivity contribution >= 4 is 23.6 Å². The fraction of sp³-hybridized carbons (Fsp3) is 0.524. The average molecular weight is 425 g/mol. The van der Waals surface area contributed by atoms with E-state index in [-0.39, 0.29) is 18.1 Å². The minimum atomic E-state index is -0.313. The van der Waals surface area contributed by atoms with Crippen molar-refractivity contribution in [2.24, 2.45) is 0 Å². The Labute approximate surface area is 181 Å². The monoisotopic (exact) mass is 425 g/mol. The molecule has 1 aromatic carbocycles. The summed E-state index contributed by atoms with van der Waals surface area (Å²) in [6.45, 7) is 3.79. The zero-order valence-electron chi connectivity index (χ0n) is 17.4. The SMILES string of the molecule is O=C(NN1CCOCC1)N(c1ccccc1)c1ncnc(N2C3CCCC2COC3)n1. The Morgan fingerprint density at radius 2 is 1.77 bits per heavy atom. The van der Waals surface area contributed by atoms with Crippen LogP contribution in [-0.4, -0.2) is 77.6 Å². The minimum absolute atomic E-state index is 0.259.